The number of carbonyl (C=O) groups excluding carboxylic acids is 2. The first-order chi connectivity index (χ1) is 18.7. The van der Waals surface area contributed by atoms with Crippen molar-refractivity contribution in [2.24, 2.45) is 18.9 Å². The van der Waals surface area contributed by atoms with Crippen LogP contribution in [0.2, 0.25) is 0 Å². The van der Waals surface area contributed by atoms with Crippen LogP contribution < -0.4 is 5.32 Å². The maximum absolute atomic E-state index is 13.3. The first-order valence-electron chi connectivity index (χ1n) is 13.1. The van der Waals surface area contributed by atoms with Crippen LogP contribution in [0.25, 0.3) is 22.4 Å². The number of likely N-dealkylation sites (tertiary alicyclic amines) is 1. The van der Waals surface area contributed by atoms with E-state index in [1.54, 1.807) is 31.4 Å². The molecule has 12 heteroatoms. The third kappa shape index (κ3) is 4.79. The van der Waals surface area contributed by atoms with Crippen LogP contribution in [0.5, 0.6) is 0 Å². The standard InChI is InChI=1S/C27H29F2N7O3/c1-15-3-5-16(6-4-15)22(33-25(37)21-9-10-30-35(21)2)24-32-20-8-7-19(31-23(20)34-24)17-11-39-12-18(17)26(38)36-13-27(28,29)14-36/h7-12,15-16,22H,3-6,13-14H2,1-2H3,(H,33,37)(H,31,32,34). The second kappa shape index (κ2) is 9.58. The number of aryl methyl sites for hydroxylation is 1. The molecule has 0 radical (unpaired) electrons. The fourth-order valence-electron chi connectivity index (χ4n) is 5.54. The Bertz CT molecular complexity index is 1520. The predicted molar refractivity (Wildman–Crippen MR) is 137 cm³/mol. The van der Waals surface area contributed by atoms with Crippen LogP contribution >= 0.6 is 0 Å². The first-order valence-corrected chi connectivity index (χ1v) is 13.1. The lowest BCUT2D eigenvalue weighted by molar-refractivity contribution is -0.113. The summed E-state index contributed by atoms with van der Waals surface area (Å²) in [6.45, 7) is 1.02. The van der Waals surface area contributed by atoms with Gasteiger partial charge in [-0.3, -0.25) is 14.3 Å². The summed E-state index contributed by atoms with van der Waals surface area (Å²) in [7, 11) is 1.72. The molecule has 1 aliphatic carbocycles. The topological polar surface area (TPSA) is 122 Å². The molecule has 6 rings (SSSR count). The van der Waals surface area contributed by atoms with Gasteiger partial charge in [0.15, 0.2) is 5.65 Å². The number of aromatic nitrogens is 5. The molecular weight excluding hydrogens is 508 g/mol. The normalized spacial score (nSPS) is 21.5. The molecule has 5 heterocycles. The minimum atomic E-state index is -2.86. The minimum Gasteiger partial charge on any atom is -0.471 e. The van der Waals surface area contributed by atoms with Gasteiger partial charge in [0, 0.05) is 13.2 Å². The molecule has 2 fully saturated rings. The number of rotatable bonds is 6. The molecule has 1 aliphatic heterocycles. The number of furan rings is 1. The number of alkyl halides is 2. The van der Waals surface area contributed by atoms with Crippen molar-refractivity contribution in [2.75, 3.05) is 13.1 Å². The summed E-state index contributed by atoms with van der Waals surface area (Å²) in [5, 5.41) is 7.28. The van der Waals surface area contributed by atoms with E-state index in [9.17, 15) is 18.4 Å². The first kappa shape index (κ1) is 25.2. The number of amides is 2. The van der Waals surface area contributed by atoms with Crippen molar-refractivity contribution in [1.29, 1.82) is 0 Å². The number of aromatic amines is 1. The molecule has 0 spiro atoms. The number of H-pyrrole nitrogens is 1. The second-order valence-corrected chi connectivity index (χ2v) is 10.7. The zero-order valence-electron chi connectivity index (χ0n) is 21.7. The van der Waals surface area contributed by atoms with E-state index in [0.29, 0.717) is 39.9 Å². The highest BCUT2D eigenvalue weighted by atomic mass is 19.3. The van der Waals surface area contributed by atoms with Gasteiger partial charge in [-0.05, 0) is 42.9 Å². The van der Waals surface area contributed by atoms with Gasteiger partial charge in [-0.15, -0.1) is 0 Å². The quantitative estimate of drug-likeness (QED) is 0.377. The van der Waals surface area contributed by atoms with Crippen LogP contribution in [-0.2, 0) is 7.05 Å². The smallest absolute Gasteiger partial charge is 0.282 e. The van der Waals surface area contributed by atoms with Crippen molar-refractivity contribution < 1.29 is 22.8 Å². The van der Waals surface area contributed by atoms with Crippen LogP contribution in [0.1, 0.15) is 65.3 Å². The Hall–Kier alpha value is -4.09. The van der Waals surface area contributed by atoms with Gasteiger partial charge in [-0.25, -0.2) is 18.7 Å². The molecule has 204 valence electrons. The molecule has 4 aromatic rings. The highest BCUT2D eigenvalue weighted by Gasteiger charge is 2.47. The predicted octanol–water partition coefficient (Wildman–Crippen LogP) is 4.34. The van der Waals surface area contributed by atoms with Crippen LogP contribution in [0.15, 0.2) is 41.3 Å². The maximum Gasteiger partial charge on any atom is 0.282 e. The molecule has 2 aliphatic rings. The minimum absolute atomic E-state index is 0.172. The number of hydrogen-bond acceptors (Lipinski definition) is 6. The molecule has 0 bridgehead atoms. The van der Waals surface area contributed by atoms with Crippen molar-refractivity contribution in [3.05, 3.63) is 54.0 Å². The van der Waals surface area contributed by atoms with E-state index in [4.69, 9.17) is 9.40 Å². The summed E-state index contributed by atoms with van der Waals surface area (Å²) < 4.78 is 33.4. The molecule has 0 aromatic carbocycles. The summed E-state index contributed by atoms with van der Waals surface area (Å²) in [6.07, 6.45) is 8.29. The molecule has 1 saturated carbocycles. The Morgan fingerprint density at radius 3 is 2.59 bits per heavy atom. The average Bonchev–Trinajstić information content (AvgIpc) is 3.64. The Morgan fingerprint density at radius 2 is 1.90 bits per heavy atom. The van der Waals surface area contributed by atoms with Crippen molar-refractivity contribution in [3.8, 4) is 11.3 Å². The summed E-state index contributed by atoms with van der Waals surface area (Å²) in [5.41, 5.74) is 2.57. The van der Waals surface area contributed by atoms with Gasteiger partial charge in [0.05, 0.1) is 41.5 Å². The summed E-state index contributed by atoms with van der Waals surface area (Å²) in [6, 6.07) is 4.85. The lowest BCUT2D eigenvalue weighted by Crippen LogP contribution is -2.58. The van der Waals surface area contributed by atoms with Crippen LogP contribution in [0.4, 0.5) is 8.78 Å². The number of fused-ring (bicyclic) bond motifs is 1. The van der Waals surface area contributed by atoms with E-state index in [1.807, 2.05) is 0 Å². The molecule has 2 amide bonds. The molecule has 1 saturated heterocycles. The zero-order chi connectivity index (χ0) is 27.3. The van der Waals surface area contributed by atoms with E-state index in [1.165, 1.54) is 17.2 Å². The number of halogens is 2. The van der Waals surface area contributed by atoms with Gasteiger partial charge < -0.3 is 19.6 Å². The van der Waals surface area contributed by atoms with E-state index < -0.39 is 24.9 Å². The largest absolute Gasteiger partial charge is 0.471 e. The monoisotopic (exact) mass is 537 g/mol. The number of imidazole rings is 1. The highest BCUT2D eigenvalue weighted by Crippen LogP contribution is 2.37. The van der Waals surface area contributed by atoms with Crippen LogP contribution in [-0.4, -0.2) is 60.5 Å². The summed E-state index contributed by atoms with van der Waals surface area (Å²) in [5.74, 6) is -2.17. The van der Waals surface area contributed by atoms with E-state index in [-0.39, 0.29) is 23.4 Å². The Kier molecular flexibility index (Phi) is 6.19. The van der Waals surface area contributed by atoms with Gasteiger partial charge in [0.25, 0.3) is 17.7 Å². The average molecular weight is 538 g/mol. The van der Waals surface area contributed by atoms with E-state index in [0.717, 1.165) is 30.6 Å². The van der Waals surface area contributed by atoms with Gasteiger partial charge in [-0.2, -0.15) is 5.10 Å². The molecule has 39 heavy (non-hydrogen) atoms. The van der Waals surface area contributed by atoms with Gasteiger partial charge in [-0.1, -0.05) is 19.8 Å². The van der Waals surface area contributed by atoms with Crippen molar-refractivity contribution in [1.82, 2.24) is 34.9 Å². The number of carbonyl (C=O) groups is 2. The molecule has 10 nitrogen and oxygen atoms in total. The van der Waals surface area contributed by atoms with Crippen molar-refractivity contribution in [2.45, 2.75) is 44.6 Å². The third-order valence-electron chi connectivity index (χ3n) is 7.83. The van der Waals surface area contributed by atoms with Gasteiger partial charge in [0.1, 0.15) is 24.0 Å². The SMILES string of the molecule is CC1CCC(C(NC(=O)c2ccnn2C)c2nc3nc(-c4cocc4C(=O)N4CC(F)(F)C4)ccc3[nH]2)CC1. The summed E-state index contributed by atoms with van der Waals surface area (Å²) >= 11 is 0. The number of pyridine rings is 1. The number of nitrogens with one attached hydrogen (secondary N) is 2. The van der Waals surface area contributed by atoms with Gasteiger partial charge >= 0.3 is 0 Å². The maximum atomic E-state index is 13.3. The Balaban J connectivity index is 1.30. The molecule has 1 atom stereocenters. The van der Waals surface area contributed by atoms with Crippen molar-refractivity contribution in [3.63, 3.8) is 0 Å². The Morgan fingerprint density at radius 1 is 1.13 bits per heavy atom. The lowest BCUT2D eigenvalue weighted by Gasteiger charge is -2.38. The lowest BCUT2D eigenvalue weighted by atomic mass is 9.79. The molecular formula is C27H29F2N7O3. The number of hydrogen-bond donors (Lipinski definition) is 2. The second-order valence-electron chi connectivity index (χ2n) is 10.7. The van der Waals surface area contributed by atoms with Crippen LogP contribution in [0.3, 0.4) is 0 Å². The zero-order valence-corrected chi connectivity index (χ0v) is 21.7. The fourth-order valence-corrected chi connectivity index (χ4v) is 5.54. The van der Waals surface area contributed by atoms with E-state index in [2.05, 4.69) is 27.3 Å². The Labute approximate surface area is 222 Å². The fraction of sp³-hybridized carbons (Fsp3) is 0.444. The molecule has 4 aromatic heterocycles. The highest BCUT2D eigenvalue weighted by molar-refractivity contribution is 6.01. The van der Waals surface area contributed by atoms with Gasteiger partial charge in [0.2, 0.25) is 0 Å². The molecule has 2 N–H and O–H groups in total. The summed E-state index contributed by atoms with van der Waals surface area (Å²) in [4.78, 5) is 39.8. The third-order valence-corrected chi connectivity index (χ3v) is 7.83. The molecule has 1 unspecified atom stereocenters. The number of nitrogens with zero attached hydrogens (tertiary/aromatic N) is 5. The van der Waals surface area contributed by atoms with Crippen LogP contribution in [0, 0.1) is 11.8 Å². The van der Waals surface area contributed by atoms with E-state index >= 15 is 0 Å². The van der Waals surface area contributed by atoms with Crippen molar-refractivity contribution >= 4 is 23.0 Å².